The van der Waals surface area contributed by atoms with Crippen LogP contribution in [0.25, 0.3) is 0 Å². The average Bonchev–Trinajstić information content (AvgIpc) is 2.84. The van der Waals surface area contributed by atoms with Gasteiger partial charge in [0.25, 0.3) is 0 Å². The van der Waals surface area contributed by atoms with Gasteiger partial charge in [-0.2, -0.15) is 0 Å². The van der Waals surface area contributed by atoms with Crippen molar-refractivity contribution in [3.63, 3.8) is 0 Å². The Balaban J connectivity index is 2.14. The summed E-state index contributed by atoms with van der Waals surface area (Å²) in [5.41, 5.74) is 0. The van der Waals surface area contributed by atoms with Crippen LogP contribution in [-0.4, -0.2) is 45.4 Å². The second kappa shape index (κ2) is 5.69. The number of carboxylic acid groups (broad SMARTS) is 1. The molecular weight excluding hydrogens is 382 g/mol. The topological polar surface area (TPSA) is 75.6 Å². The summed E-state index contributed by atoms with van der Waals surface area (Å²) in [6.07, 6.45) is -0.843. The Morgan fingerprint density at radius 1 is 1.21 bits per heavy atom. The van der Waals surface area contributed by atoms with E-state index in [9.17, 15) is 14.7 Å². The fourth-order valence-electron chi connectivity index (χ4n) is 2.70. The first-order valence-electron chi connectivity index (χ1n) is 6.28. The molecule has 0 aromatic heterocycles. The van der Waals surface area contributed by atoms with Gasteiger partial charge in [0.1, 0.15) is 0 Å². The summed E-state index contributed by atoms with van der Waals surface area (Å²) < 4.78 is 5.68. The van der Waals surface area contributed by atoms with Gasteiger partial charge in [0.2, 0.25) is 5.91 Å². The predicted molar refractivity (Wildman–Crippen MR) is 76.6 cm³/mol. The molecule has 1 amide bonds. The Hall–Kier alpha value is -0.140. The molecule has 0 unspecified atom stereocenters. The van der Waals surface area contributed by atoms with Crippen molar-refractivity contribution >= 4 is 43.7 Å². The lowest BCUT2D eigenvalue weighted by atomic mass is 9.78. The normalized spacial score (nSPS) is 40.7. The highest BCUT2D eigenvalue weighted by Crippen LogP contribution is 2.49. The summed E-state index contributed by atoms with van der Waals surface area (Å²) in [4.78, 5) is 23.5. The van der Waals surface area contributed by atoms with Crippen molar-refractivity contribution in [2.45, 2.75) is 35.7 Å². The van der Waals surface area contributed by atoms with Crippen LogP contribution in [0.4, 0.5) is 0 Å². The third-order valence-electron chi connectivity index (χ3n) is 3.61. The largest absolute Gasteiger partial charge is 0.481 e. The molecule has 2 N–H and O–H groups in total. The smallest absolute Gasteiger partial charge is 0.310 e. The van der Waals surface area contributed by atoms with Gasteiger partial charge in [-0.1, -0.05) is 45.7 Å². The highest BCUT2D eigenvalue weighted by Gasteiger charge is 2.63. The minimum absolute atomic E-state index is 0.0390. The van der Waals surface area contributed by atoms with Gasteiger partial charge in [0.15, 0.2) is 0 Å². The number of nitrogens with one attached hydrogen (secondary N) is 1. The average molecular weight is 399 g/mol. The number of ether oxygens (including phenoxy) is 1. The highest BCUT2D eigenvalue weighted by atomic mass is 79.9. The van der Waals surface area contributed by atoms with Gasteiger partial charge in [-0.05, 0) is 5.92 Å². The van der Waals surface area contributed by atoms with Crippen molar-refractivity contribution in [1.82, 2.24) is 5.32 Å². The van der Waals surface area contributed by atoms with Gasteiger partial charge in [-0.15, -0.1) is 0 Å². The van der Waals surface area contributed by atoms with Crippen LogP contribution >= 0.6 is 31.9 Å². The number of aliphatic carboxylic acids is 1. The summed E-state index contributed by atoms with van der Waals surface area (Å²) in [5.74, 6) is -2.27. The predicted octanol–water partition coefficient (Wildman–Crippen LogP) is 1.38. The molecule has 7 heteroatoms. The molecule has 6 atom stereocenters. The number of carbonyl (C=O) groups is 2. The van der Waals surface area contributed by atoms with E-state index in [1.807, 2.05) is 13.8 Å². The Bertz CT molecular complexity index is 390. The van der Waals surface area contributed by atoms with Crippen LogP contribution in [0.1, 0.15) is 13.8 Å². The maximum Gasteiger partial charge on any atom is 0.310 e. The van der Waals surface area contributed by atoms with Crippen LogP contribution in [0.2, 0.25) is 0 Å². The summed E-state index contributed by atoms with van der Waals surface area (Å²) in [7, 11) is 0. The molecule has 0 aromatic carbocycles. The molecule has 2 aliphatic rings. The number of fused-ring (bicyclic) bond motifs is 2. The molecule has 2 heterocycles. The maximum atomic E-state index is 12.2. The molecule has 0 spiro atoms. The van der Waals surface area contributed by atoms with Crippen molar-refractivity contribution in [2.75, 3.05) is 6.54 Å². The number of rotatable bonds is 4. The molecule has 0 aliphatic carbocycles. The summed E-state index contributed by atoms with van der Waals surface area (Å²) in [6.45, 7) is 4.53. The summed E-state index contributed by atoms with van der Waals surface area (Å²) in [5, 5.41) is 12.2. The van der Waals surface area contributed by atoms with Gasteiger partial charge < -0.3 is 15.2 Å². The lowest BCUT2D eigenvalue weighted by Gasteiger charge is -2.30. The van der Waals surface area contributed by atoms with Crippen LogP contribution in [0.3, 0.4) is 0 Å². The van der Waals surface area contributed by atoms with Crippen molar-refractivity contribution < 1.29 is 19.4 Å². The molecular formula is C12H17Br2NO4. The van der Waals surface area contributed by atoms with Crippen LogP contribution in [0, 0.1) is 17.8 Å². The second-order valence-electron chi connectivity index (χ2n) is 5.48. The van der Waals surface area contributed by atoms with Gasteiger partial charge in [-0.3, -0.25) is 9.59 Å². The van der Waals surface area contributed by atoms with Crippen LogP contribution in [-0.2, 0) is 14.3 Å². The molecule has 19 heavy (non-hydrogen) atoms. The Morgan fingerprint density at radius 3 is 2.21 bits per heavy atom. The second-order valence-corrected chi connectivity index (χ2v) is 7.60. The third-order valence-corrected chi connectivity index (χ3v) is 6.50. The van der Waals surface area contributed by atoms with E-state index in [0.29, 0.717) is 12.5 Å². The van der Waals surface area contributed by atoms with E-state index in [0.717, 1.165) is 0 Å². The molecule has 0 saturated carbocycles. The molecule has 2 saturated heterocycles. The minimum Gasteiger partial charge on any atom is -0.481 e. The maximum absolute atomic E-state index is 12.2. The molecule has 2 fully saturated rings. The fraction of sp³-hybridized carbons (Fsp3) is 0.833. The van der Waals surface area contributed by atoms with E-state index >= 15 is 0 Å². The zero-order chi connectivity index (χ0) is 14.3. The van der Waals surface area contributed by atoms with E-state index < -0.39 is 23.9 Å². The van der Waals surface area contributed by atoms with Gasteiger partial charge in [0.05, 0.1) is 33.7 Å². The Morgan fingerprint density at radius 2 is 1.74 bits per heavy atom. The van der Waals surface area contributed by atoms with Crippen LogP contribution < -0.4 is 5.32 Å². The van der Waals surface area contributed by atoms with E-state index in [2.05, 4.69) is 37.2 Å². The van der Waals surface area contributed by atoms with Gasteiger partial charge in [-0.25, -0.2) is 0 Å². The van der Waals surface area contributed by atoms with Crippen LogP contribution in [0.5, 0.6) is 0 Å². The zero-order valence-corrected chi connectivity index (χ0v) is 13.8. The van der Waals surface area contributed by atoms with E-state index in [-0.39, 0.29) is 21.7 Å². The van der Waals surface area contributed by atoms with Crippen molar-refractivity contribution in [3.8, 4) is 0 Å². The standard InChI is InChI=1S/C12H17Br2NO4/c1-4(2)3-15-11(16)5-6(12(17)18)10-8(14)7(13)9(5)19-10/h4-10H,3H2,1-2H3,(H,15,16)(H,17,18)/t5-,6-,7+,8-,9-,10-/m1/s1. The molecule has 5 nitrogen and oxygen atoms in total. The van der Waals surface area contributed by atoms with Crippen molar-refractivity contribution in [1.29, 1.82) is 0 Å². The lowest BCUT2D eigenvalue weighted by Crippen LogP contribution is -2.51. The number of hydrogen-bond acceptors (Lipinski definition) is 3. The molecule has 0 aromatic rings. The SMILES string of the molecule is CC(C)CNC(=O)[C@H]1[C@H]2O[C@@H]([C@H](Br)[C@@H]2Br)[C@@H]1C(=O)O. The van der Waals surface area contributed by atoms with E-state index in [4.69, 9.17) is 4.74 Å². The number of carbonyl (C=O) groups excluding carboxylic acids is 1. The highest BCUT2D eigenvalue weighted by molar-refractivity contribution is 9.12. The molecule has 2 bridgehead atoms. The Labute approximate surface area is 128 Å². The molecule has 2 rings (SSSR count). The molecule has 2 aliphatic heterocycles. The quantitative estimate of drug-likeness (QED) is 0.701. The van der Waals surface area contributed by atoms with E-state index in [1.54, 1.807) is 0 Å². The zero-order valence-electron chi connectivity index (χ0n) is 10.7. The number of hydrogen-bond donors (Lipinski definition) is 2. The number of amides is 1. The third kappa shape index (κ3) is 2.69. The van der Waals surface area contributed by atoms with Crippen LogP contribution in [0.15, 0.2) is 0 Å². The van der Waals surface area contributed by atoms with Gasteiger partial charge in [0, 0.05) is 6.54 Å². The number of carboxylic acids is 1. The summed E-state index contributed by atoms with van der Waals surface area (Å²) in [6, 6.07) is 0. The lowest BCUT2D eigenvalue weighted by molar-refractivity contribution is -0.147. The first-order valence-corrected chi connectivity index (χ1v) is 8.11. The number of alkyl halides is 2. The van der Waals surface area contributed by atoms with Crippen molar-refractivity contribution in [3.05, 3.63) is 0 Å². The minimum atomic E-state index is -0.971. The number of halogens is 2. The first-order chi connectivity index (χ1) is 8.84. The first kappa shape index (κ1) is 15.3. The monoisotopic (exact) mass is 397 g/mol. The van der Waals surface area contributed by atoms with Gasteiger partial charge >= 0.3 is 5.97 Å². The van der Waals surface area contributed by atoms with E-state index in [1.165, 1.54) is 0 Å². The molecule has 108 valence electrons. The molecule has 0 radical (unpaired) electrons. The Kier molecular flexibility index (Phi) is 4.57. The fourth-order valence-corrected chi connectivity index (χ4v) is 4.21. The summed E-state index contributed by atoms with van der Waals surface area (Å²) >= 11 is 6.92. The van der Waals surface area contributed by atoms with Crippen molar-refractivity contribution in [2.24, 2.45) is 17.8 Å².